The Bertz CT molecular complexity index is 666. The van der Waals surface area contributed by atoms with Crippen molar-refractivity contribution in [2.24, 2.45) is 0 Å². The zero-order chi connectivity index (χ0) is 15.1. The minimum absolute atomic E-state index is 0.00632. The molecule has 0 aliphatic carbocycles. The number of furan rings is 1. The first-order chi connectivity index (χ1) is 9.21. The Hall–Kier alpha value is -2.04. The molecular weight excluding hydrogens is 269 g/mol. The maximum absolute atomic E-state index is 12.7. The molecule has 0 aliphatic rings. The van der Waals surface area contributed by atoms with E-state index in [1.165, 1.54) is 12.1 Å². The van der Waals surface area contributed by atoms with Crippen LogP contribution in [-0.4, -0.2) is 5.78 Å². The highest BCUT2D eigenvalue weighted by Gasteiger charge is 2.31. The van der Waals surface area contributed by atoms with Gasteiger partial charge < -0.3 is 4.42 Å². The second kappa shape index (κ2) is 4.81. The van der Waals surface area contributed by atoms with Crippen LogP contribution in [0.1, 0.15) is 38.6 Å². The van der Waals surface area contributed by atoms with Crippen molar-refractivity contribution in [3.63, 3.8) is 0 Å². The van der Waals surface area contributed by atoms with Crippen molar-refractivity contribution in [3.05, 3.63) is 58.0 Å². The number of aryl methyl sites for hydroxylation is 2. The van der Waals surface area contributed by atoms with Crippen molar-refractivity contribution in [2.45, 2.75) is 26.9 Å². The summed E-state index contributed by atoms with van der Waals surface area (Å²) in [6.45, 7) is 5.05. The van der Waals surface area contributed by atoms with E-state index in [0.717, 1.165) is 12.1 Å². The fourth-order valence-corrected chi connectivity index (χ4v) is 2.11. The van der Waals surface area contributed by atoms with Gasteiger partial charge in [0.2, 0.25) is 0 Å². The van der Waals surface area contributed by atoms with Gasteiger partial charge in [0.1, 0.15) is 11.5 Å². The Morgan fingerprint density at radius 1 is 1.10 bits per heavy atom. The van der Waals surface area contributed by atoms with Crippen LogP contribution in [0, 0.1) is 20.8 Å². The highest BCUT2D eigenvalue weighted by atomic mass is 19.4. The molecule has 0 amide bonds. The van der Waals surface area contributed by atoms with Crippen LogP contribution >= 0.6 is 0 Å². The molecule has 1 aromatic heterocycles. The highest BCUT2D eigenvalue weighted by molar-refractivity contribution is 6.10. The lowest BCUT2D eigenvalue weighted by atomic mass is 9.98. The molecule has 1 heterocycles. The zero-order valence-electron chi connectivity index (χ0n) is 11.3. The molecule has 0 N–H and O–H groups in total. The second-order valence-electron chi connectivity index (χ2n) is 4.62. The largest absolute Gasteiger partial charge is 0.466 e. The molecule has 106 valence electrons. The summed E-state index contributed by atoms with van der Waals surface area (Å²) in [5, 5.41) is 0. The Kier molecular flexibility index (Phi) is 3.46. The topological polar surface area (TPSA) is 30.2 Å². The number of halogens is 3. The lowest BCUT2D eigenvalue weighted by Gasteiger charge is -2.08. The third kappa shape index (κ3) is 2.48. The number of hydrogen-bond acceptors (Lipinski definition) is 2. The van der Waals surface area contributed by atoms with Crippen LogP contribution < -0.4 is 0 Å². The first-order valence-corrected chi connectivity index (χ1v) is 6.00. The summed E-state index contributed by atoms with van der Waals surface area (Å²) < 4.78 is 43.3. The Morgan fingerprint density at radius 3 is 2.25 bits per heavy atom. The zero-order valence-corrected chi connectivity index (χ0v) is 11.3. The molecular formula is C15H13F3O2. The van der Waals surface area contributed by atoms with Gasteiger partial charge in [0.25, 0.3) is 0 Å². The smallest absolute Gasteiger partial charge is 0.416 e. The van der Waals surface area contributed by atoms with E-state index in [9.17, 15) is 18.0 Å². The van der Waals surface area contributed by atoms with Crippen LogP contribution in [0.2, 0.25) is 0 Å². The minimum Gasteiger partial charge on any atom is -0.466 e. The molecule has 20 heavy (non-hydrogen) atoms. The summed E-state index contributed by atoms with van der Waals surface area (Å²) in [5.41, 5.74) is 0.164. The van der Waals surface area contributed by atoms with E-state index in [2.05, 4.69) is 0 Å². The van der Waals surface area contributed by atoms with E-state index in [-0.39, 0.29) is 5.56 Å². The normalized spacial score (nSPS) is 11.7. The number of hydrogen-bond donors (Lipinski definition) is 0. The van der Waals surface area contributed by atoms with E-state index in [1.54, 1.807) is 20.8 Å². The maximum atomic E-state index is 12.7. The summed E-state index contributed by atoms with van der Waals surface area (Å²) in [5.74, 6) is 0.559. The Morgan fingerprint density at radius 2 is 1.75 bits per heavy atom. The summed E-state index contributed by atoms with van der Waals surface area (Å²) in [6.07, 6.45) is -4.47. The van der Waals surface area contributed by atoms with Crippen LogP contribution in [0.4, 0.5) is 13.2 Å². The first kappa shape index (κ1) is 14.4. The van der Waals surface area contributed by atoms with Gasteiger partial charge in [0, 0.05) is 11.1 Å². The van der Waals surface area contributed by atoms with Crippen molar-refractivity contribution in [3.8, 4) is 0 Å². The molecule has 0 unspecified atom stereocenters. The number of ketones is 1. The maximum Gasteiger partial charge on any atom is 0.416 e. The van der Waals surface area contributed by atoms with Crippen LogP contribution in [0.5, 0.6) is 0 Å². The first-order valence-electron chi connectivity index (χ1n) is 6.00. The van der Waals surface area contributed by atoms with E-state index in [4.69, 9.17) is 4.42 Å². The fourth-order valence-electron chi connectivity index (χ4n) is 2.11. The van der Waals surface area contributed by atoms with Crippen LogP contribution in [0.15, 0.2) is 28.7 Å². The summed E-state index contributed by atoms with van der Waals surface area (Å²) in [4.78, 5) is 12.4. The third-order valence-corrected chi connectivity index (χ3v) is 3.24. The summed E-state index contributed by atoms with van der Waals surface area (Å²) in [7, 11) is 0. The SMILES string of the molecule is Cc1oc(C)c(C(=O)c2cccc(C(F)(F)F)c2)c1C. The van der Waals surface area contributed by atoms with Crippen LogP contribution in [-0.2, 0) is 6.18 Å². The van der Waals surface area contributed by atoms with Gasteiger partial charge in [-0.3, -0.25) is 4.79 Å². The molecule has 2 aromatic rings. The van der Waals surface area contributed by atoms with Gasteiger partial charge in [-0.25, -0.2) is 0 Å². The van der Waals surface area contributed by atoms with E-state index < -0.39 is 17.5 Å². The fraction of sp³-hybridized carbons (Fsp3) is 0.267. The number of rotatable bonds is 2. The van der Waals surface area contributed by atoms with Gasteiger partial charge in [-0.15, -0.1) is 0 Å². The Labute approximate surface area is 114 Å². The van der Waals surface area contributed by atoms with Gasteiger partial charge in [-0.1, -0.05) is 12.1 Å². The third-order valence-electron chi connectivity index (χ3n) is 3.24. The predicted molar refractivity (Wildman–Crippen MR) is 67.8 cm³/mol. The van der Waals surface area contributed by atoms with Crippen molar-refractivity contribution in [1.29, 1.82) is 0 Å². The van der Waals surface area contributed by atoms with Gasteiger partial charge in [0.05, 0.1) is 11.1 Å². The molecule has 0 bridgehead atoms. The quantitative estimate of drug-likeness (QED) is 0.761. The molecule has 0 spiro atoms. The van der Waals surface area contributed by atoms with Crippen molar-refractivity contribution >= 4 is 5.78 Å². The monoisotopic (exact) mass is 282 g/mol. The molecule has 0 radical (unpaired) electrons. The molecule has 5 heteroatoms. The number of alkyl halides is 3. The average Bonchev–Trinajstić information content (AvgIpc) is 2.62. The summed E-state index contributed by atoms with van der Waals surface area (Å²) in [6, 6.07) is 4.41. The highest BCUT2D eigenvalue weighted by Crippen LogP contribution is 2.31. The van der Waals surface area contributed by atoms with Crippen LogP contribution in [0.25, 0.3) is 0 Å². The van der Waals surface area contributed by atoms with E-state index >= 15 is 0 Å². The molecule has 2 nitrogen and oxygen atoms in total. The average molecular weight is 282 g/mol. The molecule has 0 saturated heterocycles. The molecule has 1 aromatic carbocycles. The number of carbonyl (C=O) groups excluding carboxylic acids is 1. The predicted octanol–water partition coefficient (Wildman–Crippen LogP) is 4.45. The molecule has 0 atom stereocenters. The van der Waals surface area contributed by atoms with Crippen molar-refractivity contribution in [1.82, 2.24) is 0 Å². The van der Waals surface area contributed by atoms with E-state index in [0.29, 0.717) is 22.6 Å². The van der Waals surface area contributed by atoms with Crippen molar-refractivity contribution < 1.29 is 22.4 Å². The van der Waals surface area contributed by atoms with Gasteiger partial charge in [-0.05, 0) is 32.9 Å². The standard InChI is InChI=1S/C15H13F3O2/c1-8-9(2)20-10(3)13(8)14(19)11-5-4-6-12(7-11)15(16,17)18/h4-7H,1-3H3. The Balaban J connectivity index is 2.49. The van der Waals surface area contributed by atoms with Gasteiger partial charge in [0.15, 0.2) is 5.78 Å². The van der Waals surface area contributed by atoms with E-state index in [1.807, 2.05) is 0 Å². The number of benzene rings is 1. The summed E-state index contributed by atoms with van der Waals surface area (Å²) >= 11 is 0. The van der Waals surface area contributed by atoms with Gasteiger partial charge >= 0.3 is 6.18 Å². The molecule has 0 fully saturated rings. The van der Waals surface area contributed by atoms with Crippen molar-refractivity contribution in [2.75, 3.05) is 0 Å². The number of carbonyl (C=O) groups is 1. The van der Waals surface area contributed by atoms with Crippen LogP contribution in [0.3, 0.4) is 0 Å². The molecule has 0 aliphatic heterocycles. The second-order valence-corrected chi connectivity index (χ2v) is 4.62. The lowest BCUT2D eigenvalue weighted by molar-refractivity contribution is -0.137. The van der Waals surface area contributed by atoms with Gasteiger partial charge in [-0.2, -0.15) is 13.2 Å². The lowest BCUT2D eigenvalue weighted by Crippen LogP contribution is -2.09. The minimum atomic E-state index is -4.47. The molecule has 2 rings (SSSR count). The molecule has 0 saturated carbocycles.